The molecule has 0 bridgehead atoms. The third kappa shape index (κ3) is 2.43. The lowest BCUT2D eigenvalue weighted by Crippen LogP contribution is -2.11. The number of ether oxygens (including phenoxy) is 1. The van der Waals surface area contributed by atoms with E-state index in [0.717, 1.165) is 0 Å². The number of rotatable bonds is 4. The van der Waals surface area contributed by atoms with E-state index >= 15 is 0 Å². The number of nitro benzene ring substituents is 1. The van der Waals surface area contributed by atoms with Crippen LogP contribution >= 0.6 is 0 Å². The molecule has 0 spiro atoms. The van der Waals surface area contributed by atoms with Crippen LogP contribution in [0.15, 0.2) is 23.1 Å². The van der Waals surface area contributed by atoms with E-state index in [2.05, 4.69) is 8.92 Å². The lowest BCUT2D eigenvalue weighted by molar-refractivity contribution is -0.385. The van der Waals surface area contributed by atoms with Crippen LogP contribution in [-0.2, 0) is 19.0 Å². The van der Waals surface area contributed by atoms with Crippen LogP contribution in [0.3, 0.4) is 0 Å². The maximum atomic E-state index is 11.8. The molecule has 1 aromatic rings. The maximum absolute atomic E-state index is 11.8. The zero-order valence-electron chi connectivity index (χ0n) is 8.82. The van der Waals surface area contributed by atoms with Gasteiger partial charge in [0.05, 0.1) is 4.92 Å². The molecular formula is C9H9NO6S. The Hall–Kier alpha value is -1.51. The van der Waals surface area contributed by atoms with Gasteiger partial charge in [-0.05, 0) is 13.0 Å². The Labute approximate surface area is 97.2 Å². The molecule has 2 rings (SSSR count). The lowest BCUT2D eigenvalue weighted by atomic mass is 10.2. The fourth-order valence-corrected chi connectivity index (χ4v) is 2.58. The predicted octanol–water partition coefficient (Wildman–Crippen LogP) is 0.965. The van der Waals surface area contributed by atoms with Crippen molar-refractivity contribution in [3.8, 4) is 0 Å². The first-order chi connectivity index (χ1) is 7.92. The zero-order valence-corrected chi connectivity index (χ0v) is 9.64. The van der Waals surface area contributed by atoms with E-state index in [9.17, 15) is 18.5 Å². The van der Waals surface area contributed by atoms with Crippen molar-refractivity contribution in [2.45, 2.75) is 18.1 Å². The molecule has 0 aliphatic carbocycles. The van der Waals surface area contributed by atoms with Gasteiger partial charge in [0.1, 0.15) is 11.5 Å². The van der Waals surface area contributed by atoms with Crippen LogP contribution in [0.25, 0.3) is 0 Å². The highest BCUT2D eigenvalue weighted by Gasteiger charge is 2.33. The van der Waals surface area contributed by atoms with Crippen LogP contribution in [0.1, 0.15) is 5.56 Å². The van der Waals surface area contributed by atoms with Gasteiger partial charge in [-0.2, -0.15) is 8.42 Å². The Kier molecular flexibility index (Phi) is 2.86. The summed E-state index contributed by atoms with van der Waals surface area (Å²) in [5.74, 6) is 0. The quantitative estimate of drug-likeness (QED) is 0.345. The summed E-state index contributed by atoms with van der Waals surface area (Å²) in [6.07, 6.45) is -0.765. The summed E-state index contributed by atoms with van der Waals surface area (Å²) in [5, 5.41) is 10.7. The summed E-state index contributed by atoms with van der Waals surface area (Å²) in [6.45, 7) is 1.58. The van der Waals surface area contributed by atoms with Crippen molar-refractivity contribution in [2.24, 2.45) is 0 Å². The first-order valence-corrected chi connectivity index (χ1v) is 6.11. The molecule has 1 heterocycles. The average molecular weight is 259 g/mol. The molecule has 0 saturated carbocycles. The standard InChI is InChI=1S/C9H9NO6S/c1-6-7(10(11)12)3-2-4-8(6)17(13,14)16-9-5-15-9/h2-4,9H,5H2,1H3/t9-/m1/s1. The second-order valence-corrected chi connectivity index (χ2v) is 5.01. The number of hydrogen-bond donors (Lipinski definition) is 0. The van der Waals surface area contributed by atoms with Crippen LogP contribution in [0.5, 0.6) is 0 Å². The van der Waals surface area contributed by atoms with Gasteiger partial charge < -0.3 is 4.74 Å². The molecule has 1 saturated heterocycles. The third-order valence-electron chi connectivity index (χ3n) is 2.26. The van der Waals surface area contributed by atoms with Crippen LogP contribution in [0.2, 0.25) is 0 Å². The largest absolute Gasteiger partial charge is 0.344 e. The first-order valence-electron chi connectivity index (χ1n) is 4.71. The molecule has 0 radical (unpaired) electrons. The Morgan fingerprint density at radius 1 is 1.53 bits per heavy atom. The summed E-state index contributed by atoms with van der Waals surface area (Å²) in [4.78, 5) is 9.84. The molecule has 17 heavy (non-hydrogen) atoms. The molecule has 1 fully saturated rings. The molecule has 1 aliphatic heterocycles. The van der Waals surface area contributed by atoms with E-state index in [0.29, 0.717) is 0 Å². The van der Waals surface area contributed by atoms with Crippen molar-refractivity contribution in [3.05, 3.63) is 33.9 Å². The SMILES string of the molecule is Cc1c([N+](=O)[O-])cccc1S(=O)(=O)O[C@@H]1CO1. The van der Waals surface area contributed by atoms with Gasteiger partial charge in [-0.25, -0.2) is 4.18 Å². The molecule has 8 heteroatoms. The Morgan fingerprint density at radius 3 is 2.71 bits per heavy atom. The molecule has 7 nitrogen and oxygen atoms in total. The fraction of sp³-hybridized carbons (Fsp3) is 0.333. The molecule has 1 aliphatic rings. The normalized spacial score (nSPS) is 19.0. The monoisotopic (exact) mass is 259 g/mol. The number of nitrogens with zero attached hydrogens (tertiary/aromatic N) is 1. The molecule has 0 N–H and O–H groups in total. The van der Waals surface area contributed by atoms with Gasteiger partial charge in [-0.3, -0.25) is 10.1 Å². The molecule has 1 atom stereocenters. The van der Waals surface area contributed by atoms with Crippen molar-refractivity contribution in [3.63, 3.8) is 0 Å². The molecule has 1 aromatic carbocycles. The van der Waals surface area contributed by atoms with Gasteiger partial charge in [-0.15, -0.1) is 0 Å². The summed E-state index contributed by atoms with van der Waals surface area (Å²) in [6, 6.07) is 3.80. The summed E-state index contributed by atoms with van der Waals surface area (Å²) in [5.41, 5.74) is -0.204. The number of benzene rings is 1. The van der Waals surface area contributed by atoms with Crippen LogP contribution in [-0.4, -0.2) is 26.2 Å². The number of epoxide rings is 1. The summed E-state index contributed by atoms with van der Waals surface area (Å²) < 4.78 is 32.8. The Bertz CT molecular complexity index is 563. The lowest BCUT2D eigenvalue weighted by Gasteiger charge is -2.06. The van der Waals surface area contributed by atoms with Crippen molar-refractivity contribution < 1.29 is 22.3 Å². The molecule has 0 unspecified atom stereocenters. The second-order valence-electron chi connectivity index (χ2n) is 3.47. The minimum atomic E-state index is -4.01. The van der Waals surface area contributed by atoms with E-state index in [1.165, 1.54) is 25.1 Å². The minimum Gasteiger partial charge on any atom is -0.344 e. The van der Waals surface area contributed by atoms with E-state index < -0.39 is 21.3 Å². The summed E-state index contributed by atoms with van der Waals surface area (Å²) >= 11 is 0. The van der Waals surface area contributed by atoms with Gasteiger partial charge >= 0.3 is 0 Å². The van der Waals surface area contributed by atoms with Crippen LogP contribution in [0, 0.1) is 17.0 Å². The maximum Gasteiger partial charge on any atom is 0.300 e. The van der Waals surface area contributed by atoms with Crippen LogP contribution in [0.4, 0.5) is 5.69 Å². The molecule has 92 valence electrons. The highest BCUT2D eigenvalue weighted by Crippen LogP contribution is 2.28. The van der Waals surface area contributed by atoms with Gasteiger partial charge in [0, 0.05) is 11.6 Å². The smallest absolute Gasteiger partial charge is 0.300 e. The van der Waals surface area contributed by atoms with Gasteiger partial charge in [0.2, 0.25) is 0 Å². The second kappa shape index (κ2) is 4.06. The highest BCUT2D eigenvalue weighted by atomic mass is 32.2. The Morgan fingerprint density at radius 2 is 2.18 bits per heavy atom. The van der Waals surface area contributed by atoms with Crippen molar-refractivity contribution in [2.75, 3.05) is 6.61 Å². The van der Waals surface area contributed by atoms with E-state index in [4.69, 9.17) is 0 Å². The average Bonchev–Trinajstić information content (AvgIpc) is 3.00. The van der Waals surface area contributed by atoms with Gasteiger partial charge in [-0.1, -0.05) is 6.07 Å². The zero-order chi connectivity index (χ0) is 12.6. The summed E-state index contributed by atoms with van der Waals surface area (Å²) in [7, 11) is -4.01. The van der Waals surface area contributed by atoms with E-state index in [1.54, 1.807) is 0 Å². The van der Waals surface area contributed by atoms with Crippen LogP contribution < -0.4 is 0 Å². The van der Waals surface area contributed by atoms with Gasteiger partial charge in [0.25, 0.3) is 15.8 Å². The fourth-order valence-electron chi connectivity index (χ4n) is 1.36. The third-order valence-corrected chi connectivity index (χ3v) is 3.71. The van der Waals surface area contributed by atoms with E-state index in [1.807, 2.05) is 0 Å². The number of hydrogen-bond acceptors (Lipinski definition) is 6. The van der Waals surface area contributed by atoms with E-state index in [-0.39, 0.29) is 22.8 Å². The molecule has 0 aromatic heterocycles. The number of nitro groups is 1. The van der Waals surface area contributed by atoms with Crippen molar-refractivity contribution in [1.29, 1.82) is 0 Å². The molecular weight excluding hydrogens is 250 g/mol. The Balaban J connectivity index is 2.44. The molecule has 0 amide bonds. The van der Waals surface area contributed by atoms with Crippen molar-refractivity contribution >= 4 is 15.8 Å². The topological polar surface area (TPSA) is 99.0 Å². The highest BCUT2D eigenvalue weighted by molar-refractivity contribution is 7.86. The van der Waals surface area contributed by atoms with Crippen molar-refractivity contribution in [1.82, 2.24) is 0 Å². The minimum absolute atomic E-state index is 0.0538. The van der Waals surface area contributed by atoms with Gasteiger partial charge in [0.15, 0.2) is 6.29 Å². The predicted molar refractivity (Wildman–Crippen MR) is 55.8 cm³/mol. The first kappa shape index (κ1) is 12.0.